The van der Waals surface area contributed by atoms with Crippen molar-refractivity contribution in [2.75, 3.05) is 0 Å². The summed E-state index contributed by atoms with van der Waals surface area (Å²) in [5.74, 6) is -1.10. The fourth-order valence-corrected chi connectivity index (χ4v) is 4.15. The van der Waals surface area contributed by atoms with E-state index in [0.29, 0.717) is 6.42 Å². The number of nitrogens with zero attached hydrogens (tertiary/aromatic N) is 1. The lowest BCUT2D eigenvalue weighted by atomic mass is 9.89. The van der Waals surface area contributed by atoms with Crippen LogP contribution >= 0.6 is 11.3 Å². The summed E-state index contributed by atoms with van der Waals surface area (Å²) < 4.78 is 0. The zero-order valence-electron chi connectivity index (χ0n) is 10.1. The summed E-state index contributed by atoms with van der Waals surface area (Å²) in [6.07, 6.45) is 2.40. The smallest absolute Gasteiger partial charge is 0.308 e. The average molecular weight is 265 g/mol. The van der Waals surface area contributed by atoms with Gasteiger partial charge in [-0.2, -0.15) is 0 Å². The Labute approximate surface area is 109 Å². The molecule has 0 spiro atoms. The number of rotatable bonds is 2. The number of carboxylic acids is 1. The molecule has 0 aromatic carbocycles. The van der Waals surface area contributed by atoms with Gasteiger partial charge < -0.3 is 10.0 Å². The summed E-state index contributed by atoms with van der Waals surface area (Å²) in [6, 6.07) is 1.97. The van der Waals surface area contributed by atoms with E-state index in [4.69, 9.17) is 0 Å². The Morgan fingerprint density at radius 3 is 2.78 bits per heavy atom. The summed E-state index contributed by atoms with van der Waals surface area (Å²) in [5, 5.41) is 11.1. The number of carbonyl (C=O) groups excluding carboxylic acids is 1. The van der Waals surface area contributed by atoms with E-state index in [1.807, 2.05) is 23.3 Å². The van der Waals surface area contributed by atoms with E-state index < -0.39 is 5.97 Å². The standard InChI is InChI=1S/C13H15NO3S/c1-7-4-5-18-11(7)12(15)14-8-2-3-10(14)9(6-8)13(16)17/h4-5,8-10H,2-3,6H2,1H3,(H,16,17). The van der Waals surface area contributed by atoms with E-state index in [1.54, 1.807) is 0 Å². The fourth-order valence-electron chi connectivity index (χ4n) is 3.28. The van der Waals surface area contributed by atoms with Crippen LogP contribution < -0.4 is 0 Å². The highest BCUT2D eigenvalue weighted by atomic mass is 32.1. The molecule has 18 heavy (non-hydrogen) atoms. The minimum Gasteiger partial charge on any atom is -0.481 e. The number of thiophene rings is 1. The zero-order valence-corrected chi connectivity index (χ0v) is 10.9. The monoisotopic (exact) mass is 265 g/mol. The lowest BCUT2D eigenvalue weighted by Crippen LogP contribution is -2.37. The Morgan fingerprint density at radius 2 is 2.22 bits per heavy atom. The van der Waals surface area contributed by atoms with Crippen LogP contribution in [0, 0.1) is 12.8 Å². The first kappa shape index (κ1) is 11.7. The van der Waals surface area contributed by atoms with Crippen LogP contribution in [0.15, 0.2) is 11.4 Å². The largest absolute Gasteiger partial charge is 0.481 e. The number of carbonyl (C=O) groups is 2. The Hall–Kier alpha value is -1.36. The fraction of sp³-hybridized carbons (Fsp3) is 0.538. The van der Waals surface area contributed by atoms with Gasteiger partial charge in [-0.25, -0.2) is 0 Å². The predicted octanol–water partition coefficient (Wildman–Crippen LogP) is 2.13. The van der Waals surface area contributed by atoms with Crippen molar-refractivity contribution in [2.24, 2.45) is 5.92 Å². The van der Waals surface area contributed by atoms with Crippen molar-refractivity contribution >= 4 is 23.2 Å². The lowest BCUT2D eigenvalue weighted by molar-refractivity contribution is -0.142. The minimum absolute atomic E-state index is 0.0266. The number of carboxylic acid groups (broad SMARTS) is 1. The first-order valence-corrected chi connectivity index (χ1v) is 7.07. The summed E-state index contributed by atoms with van der Waals surface area (Å²) in [4.78, 5) is 26.3. The van der Waals surface area contributed by atoms with Crippen molar-refractivity contribution in [3.63, 3.8) is 0 Å². The second-order valence-electron chi connectivity index (χ2n) is 5.12. The molecule has 5 heteroatoms. The number of aliphatic carboxylic acids is 1. The normalized spacial score (nSPS) is 29.8. The molecule has 2 aliphatic heterocycles. The molecule has 0 aliphatic carbocycles. The van der Waals surface area contributed by atoms with Crippen LogP contribution in [0.2, 0.25) is 0 Å². The van der Waals surface area contributed by atoms with E-state index >= 15 is 0 Å². The molecule has 1 N–H and O–H groups in total. The third kappa shape index (κ3) is 1.57. The van der Waals surface area contributed by atoms with Crippen molar-refractivity contribution < 1.29 is 14.7 Å². The van der Waals surface area contributed by atoms with E-state index in [1.165, 1.54) is 11.3 Å². The summed E-state index contributed by atoms with van der Waals surface area (Å²) in [5.41, 5.74) is 0.989. The molecule has 3 atom stereocenters. The Balaban J connectivity index is 1.88. The molecule has 2 aliphatic rings. The van der Waals surface area contributed by atoms with E-state index in [9.17, 15) is 14.7 Å². The van der Waals surface area contributed by atoms with Gasteiger partial charge >= 0.3 is 5.97 Å². The van der Waals surface area contributed by atoms with Crippen LogP contribution in [0.5, 0.6) is 0 Å². The van der Waals surface area contributed by atoms with Crippen molar-refractivity contribution in [2.45, 2.75) is 38.3 Å². The lowest BCUT2D eigenvalue weighted by Gasteiger charge is -2.22. The maximum atomic E-state index is 12.5. The average Bonchev–Trinajstić information content (AvgIpc) is 3.01. The first-order valence-electron chi connectivity index (χ1n) is 6.19. The van der Waals surface area contributed by atoms with Gasteiger partial charge in [0.05, 0.1) is 10.8 Å². The number of amides is 1. The van der Waals surface area contributed by atoms with E-state index in [0.717, 1.165) is 23.3 Å². The topological polar surface area (TPSA) is 57.6 Å². The maximum Gasteiger partial charge on any atom is 0.308 e. The molecule has 2 saturated heterocycles. The molecular weight excluding hydrogens is 250 g/mol. The number of hydrogen-bond acceptors (Lipinski definition) is 3. The number of fused-ring (bicyclic) bond motifs is 2. The molecule has 0 saturated carbocycles. The molecule has 3 heterocycles. The highest BCUT2D eigenvalue weighted by Crippen LogP contribution is 2.43. The van der Waals surface area contributed by atoms with Crippen LogP contribution in [0.4, 0.5) is 0 Å². The Kier molecular flexibility index (Phi) is 2.66. The van der Waals surface area contributed by atoms with Gasteiger partial charge in [0.2, 0.25) is 0 Å². The Bertz CT molecular complexity index is 510. The van der Waals surface area contributed by atoms with Gasteiger partial charge in [0, 0.05) is 12.1 Å². The van der Waals surface area contributed by atoms with Gasteiger partial charge in [0.25, 0.3) is 5.91 Å². The summed E-state index contributed by atoms with van der Waals surface area (Å²) in [6.45, 7) is 1.93. The van der Waals surface area contributed by atoms with Crippen LogP contribution in [0.25, 0.3) is 0 Å². The molecule has 3 rings (SSSR count). The quantitative estimate of drug-likeness (QED) is 0.891. The van der Waals surface area contributed by atoms with Gasteiger partial charge in [-0.15, -0.1) is 11.3 Å². The summed E-state index contributed by atoms with van der Waals surface area (Å²) >= 11 is 1.45. The molecule has 96 valence electrons. The predicted molar refractivity (Wildman–Crippen MR) is 67.8 cm³/mol. The molecule has 3 unspecified atom stereocenters. The Morgan fingerprint density at radius 1 is 1.44 bits per heavy atom. The van der Waals surface area contributed by atoms with E-state index in [2.05, 4.69) is 0 Å². The molecular formula is C13H15NO3S. The molecule has 1 amide bonds. The van der Waals surface area contributed by atoms with Crippen LogP contribution in [-0.2, 0) is 4.79 Å². The van der Waals surface area contributed by atoms with Crippen molar-refractivity contribution in [1.29, 1.82) is 0 Å². The van der Waals surface area contributed by atoms with Gasteiger partial charge in [-0.05, 0) is 43.2 Å². The summed E-state index contributed by atoms with van der Waals surface area (Å²) in [7, 11) is 0. The van der Waals surface area contributed by atoms with Gasteiger partial charge in [-0.1, -0.05) is 0 Å². The molecule has 4 nitrogen and oxygen atoms in total. The first-order chi connectivity index (χ1) is 8.59. The third-order valence-corrected chi connectivity index (χ3v) is 5.15. The third-order valence-electron chi connectivity index (χ3n) is 4.14. The number of hydrogen-bond donors (Lipinski definition) is 1. The van der Waals surface area contributed by atoms with E-state index in [-0.39, 0.29) is 23.9 Å². The van der Waals surface area contributed by atoms with Crippen LogP contribution in [0.3, 0.4) is 0 Å². The molecule has 2 bridgehead atoms. The maximum absolute atomic E-state index is 12.5. The zero-order chi connectivity index (χ0) is 12.9. The molecule has 1 aromatic rings. The second-order valence-corrected chi connectivity index (χ2v) is 6.04. The highest BCUT2D eigenvalue weighted by Gasteiger charge is 2.51. The number of aryl methyl sites for hydroxylation is 1. The van der Waals surface area contributed by atoms with Crippen molar-refractivity contribution in [3.8, 4) is 0 Å². The molecule has 2 fully saturated rings. The SMILES string of the molecule is Cc1ccsc1C(=O)N1C2CCC1C(C(=O)O)C2. The second kappa shape index (κ2) is 4.09. The van der Waals surface area contributed by atoms with Gasteiger partial charge in [0.15, 0.2) is 0 Å². The van der Waals surface area contributed by atoms with Crippen LogP contribution in [-0.4, -0.2) is 34.0 Å². The molecule has 0 radical (unpaired) electrons. The van der Waals surface area contributed by atoms with Gasteiger partial charge in [-0.3, -0.25) is 9.59 Å². The van der Waals surface area contributed by atoms with Crippen molar-refractivity contribution in [1.82, 2.24) is 4.90 Å². The minimum atomic E-state index is -0.761. The highest BCUT2D eigenvalue weighted by molar-refractivity contribution is 7.12. The van der Waals surface area contributed by atoms with Crippen molar-refractivity contribution in [3.05, 3.63) is 21.9 Å². The molecule has 1 aromatic heterocycles. The van der Waals surface area contributed by atoms with Crippen LogP contribution in [0.1, 0.15) is 34.5 Å². The van der Waals surface area contributed by atoms with Gasteiger partial charge in [0.1, 0.15) is 0 Å².